The zero-order chi connectivity index (χ0) is 10.2. The number of likely N-dealkylation sites (N-methyl/N-ethyl adjacent to an activating group) is 1. The number of hydrogen-bond donors (Lipinski definition) is 0. The maximum atomic E-state index is 11.5. The van der Waals surface area contributed by atoms with Crippen LogP contribution in [0.25, 0.3) is 0 Å². The summed E-state index contributed by atoms with van der Waals surface area (Å²) in [6.07, 6.45) is 4.45. The van der Waals surface area contributed by atoms with Crippen LogP contribution in [0.3, 0.4) is 0 Å². The predicted molar refractivity (Wildman–Crippen MR) is 55.8 cm³/mol. The van der Waals surface area contributed by atoms with Crippen molar-refractivity contribution in [3.8, 4) is 0 Å². The van der Waals surface area contributed by atoms with E-state index in [2.05, 4.69) is 19.0 Å². The molecule has 0 saturated carbocycles. The molecule has 0 N–H and O–H groups in total. The van der Waals surface area contributed by atoms with Gasteiger partial charge in [0.25, 0.3) is 0 Å². The van der Waals surface area contributed by atoms with E-state index < -0.39 is 0 Å². The topological polar surface area (TPSA) is 20.3 Å². The van der Waals surface area contributed by atoms with Gasteiger partial charge in [-0.25, -0.2) is 0 Å². The van der Waals surface area contributed by atoms with Crippen molar-refractivity contribution in [2.45, 2.75) is 31.7 Å². The van der Waals surface area contributed by atoms with Crippen molar-refractivity contribution >= 4 is 5.91 Å². The first-order chi connectivity index (χ1) is 6.59. The van der Waals surface area contributed by atoms with E-state index in [0.29, 0.717) is 11.9 Å². The molecule has 0 radical (unpaired) electrons. The molecule has 0 unspecified atom stereocenters. The minimum Gasteiger partial charge on any atom is -0.337 e. The zero-order valence-electron chi connectivity index (χ0n) is 9.33. The molecule has 0 aliphatic carbocycles. The van der Waals surface area contributed by atoms with E-state index >= 15 is 0 Å². The highest BCUT2D eigenvalue weighted by molar-refractivity contribution is 5.78. The fraction of sp³-hybridized carbons (Fsp3) is 0.909. The fourth-order valence-corrected chi connectivity index (χ4v) is 2.73. The van der Waals surface area contributed by atoms with E-state index in [1.807, 2.05) is 0 Å². The number of carbonyl (C=O) groups excluding carboxylic acids is 1. The second-order valence-electron chi connectivity index (χ2n) is 5.24. The lowest BCUT2D eigenvalue weighted by atomic mass is 10.2. The van der Waals surface area contributed by atoms with Gasteiger partial charge >= 0.3 is 0 Å². The Bertz CT molecular complexity index is 237. The average molecular weight is 197 g/mol. The van der Waals surface area contributed by atoms with Gasteiger partial charge < -0.3 is 9.38 Å². The molecule has 3 heteroatoms. The number of nitrogens with zero attached hydrogens (tertiary/aromatic N) is 2. The molecule has 1 atom stereocenters. The Morgan fingerprint density at radius 2 is 2.21 bits per heavy atom. The molecular weight excluding hydrogens is 176 g/mol. The lowest BCUT2D eigenvalue weighted by Gasteiger charge is -2.34. The number of likely N-dealkylation sites (tertiary alicyclic amines) is 2. The Labute approximate surface area is 86.3 Å². The van der Waals surface area contributed by atoms with Crippen LogP contribution in [0.15, 0.2) is 0 Å². The van der Waals surface area contributed by atoms with Crippen LogP contribution in [0, 0.1) is 0 Å². The van der Waals surface area contributed by atoms with E-state index in [0.717, 1.165) is 30.4 Å². The second-order valence-corrected chi connectivity index (χ2v) is 5.24. The van der Waals surface area contributed by atoms with Gasteiger partial charge in [0.05, 0.1) is 27.2 Å². The molecule has 80 valence electrons. The monoisotopic (exact) mass is 197 g/mol. The summed E-state index contributed by atoms with van der Waals surface area (Å²) in [5, 5.41) is 0. The number of carbonyl (C=O) groups is 1. The highest BCUT2D eigenvalue weighted by atomic mass is 16.2. The molecule has 2 rings (SSSR count). The molecule has 14 heavy (non-hydrogen) atoms. The Balaban J connectivity index is 1.93. The Morgan fingerprint density at radius 1 is 1.43 bits per heavy atom. The van der Waals surface area contributed by atoms with Crippen LogP contribution >= 0.6 is 0 Å². The lowest BCUT2D eigenvalue weighted by molar-refractivity contribution is -0.901. The van der Waals surface area contributed by atoms with Crippen LogP contribution in [-0.4, -0.2) is 55.1 Å². The SMILES string of the molecule is C[N+]1(C)CCC[C@H]1CN1CCCC1=O. The van der Waals surface area contributed by atoms with Gasteiger partial charge in [0.2, 0.25) is 5.91 Å². The van der Waals surface area contributed by atoms with E-state index in [1.54, 1.807) is 0 Å². The third-order valence-electron chi connectivity index (χ3n) is 3.86. The zero-order valence-corrected chi connectivity index (χ0v) is 9.33. The molecule has 2 aliphatic rings. The fourth-order valence-electron chi connectivity index (χ4n) is 2.73. The molecule has 1 amide bonds. The summed E-state index contributed by atoms with van der Waals surface area (Å²) in [6, 6.07) is 0.678. The van der Waals surface area contributed by atoms with Crippen LogP contribution < -0.4 is 0 Å². The molecule has 0 aromatic heterocycles. The van der Waals surface area contributed by atoms with Crippen LogP contribution in [0.5, 0.6) is 0 Å². The van der Waals surface area contributed by atoms with Gasteiger partial charge in [0, 0.05) is 25.8 Å². The van der Waals surface area contributed by atoms with Crippen LogP contribution in [-0.2, 0) is 4.79 Å². The Morgan fingerprint density at radius 3 is 2.71 bits per heavy atom. The molecular formula is C11H21N2O+. The lowest BCUT2D eigenvalue weighted by Crippen LogP contribution is -2.49. The summed E-state index contributed by atoms with van der Waals surface area (Å²) in [7, 11) is 4.58. The summed E-state index contributed by atoms with van der Waals surface area (Å²) < 4.78 is 1.10. The summed E-state index contributed by atoms with van der Waals surface area (Å²) in [5.74, 6) is 0.372. The molecule has 2 aliphatic heterocycles. The third-order valence-corrected chi connectivity index (χ3v) is 3.86. The molecule has 0 bridgehead atoms. The minimum atomic E-state index is 0.372. The maximum absolute atomic E-state index is 11.5. The number of hydrogen-bond acceptors (Lipinski definition) is 1. The van der Waals surface area contributed by atoms with Gasteiger partial charge in [0.1, 0.15) is 6.04 Å². The minimum absolute atomic E-state index is 0.372. The number of rotatable bonds is 2. The Kier molecular flexibility index (Phi) is 2.52. The molecule has 0 aromatic rings. The van der Waals surface area contributed by atoms with E-state index in [1.165, 1.54) is 19.4 Å². The summed E-state index contributed by atoms with van der Waals surface area (Å²) in [6.45, 7) is 3.26. The highest BCUT2D eigenvalue weighted by Gasteiger charge is 2.36. The summed E-state index contributed by atoms with van der Waals surface area (Å²) >= 11 is 0. The molecule has 0 aromatic carbocycles. The van der Waals surface area contributed by atoms with Gasteiger partial charge in [0.15, 0.2) is 0 Å². The maximum Gasteiger partial charge on any atom is 0.222 e. The third kappa shape index (κ3) is 1.78. The van der Waals surface area contributed by atoms with Gasteiger partial charge in [-0.2, -0.15) is 0 Å². The first-order valence-corrected chi connectivity index (χ1v) is 5.70. The summed E-state index contributed by atoms with van der Waals surface area (Å²) in [5.41, 5.74) is 0. The van der Waals surface area contributed by atoms with Gasteiger partial charge in [-0.15, -0.1) is 0 Å². The van der Waals surface area contributed by atoms with Crippen molar-refractivity contribution in [1.82, 2.24) is 4.90 Å². The van der Waals surface area contributed by atoms with Crippen LogP contribution in [0.1, 0.15) is 25.7 Å². The van der Waals surface area contributed by atoms with Crippen molar-refractivity contribution in [3.63, 3.8) is 0 Å². The first-order valence-electron chi connectivity index (χ1n) is 5.70. The normalized spacial score (nSPS) is 31.4. The molecule has 2 saturated heterocycles. The van der Waals surface area contributed by atoms with Crippen LogP contribution in [0.4, 0.5) is 0 Å². The highest BCUT2D eigenvalue weighted by Crippen LogP contribution is 2.24. The molecule has 2 fully saturated rings. The van der Waals surface area contributed by atoms with Crippen molar-refractivity contribution in [1.29, 1.82) is 0 Å². The largest absolute Gasteiger partial charge is 0.337 e. The van der Waals surface area contributed by atoms with E-state index in [-0.39, 0.29) is 0 Å². The van der Waals surface area contributed by atoms with Crippen molar-refractivity contribution in [2.24, 2.45) is 0 Å². The smallest absolute Gasteiger partial charge is 0.222 e. The molecule has 2 heterocycles. The average Bonchev–Trinajstić information content (AvgIpc) is 2.62. The van der Waals surface area contributed by atoms with Crippen molar-refractivity contribution < 1.29 is 9.28 Å². The van der Waals surface area contributed by atoms with Gasteiger partial charge in [-0.05, 0) is 6.42 Å². The molecule has 0 spiro atoms. The van der Waals surface area contributed by atoms with Crippen LogP contribution in [0.2, 0.25) is 0 Å². The Hall–Kier alpha value is -0.570. The standard InChI is InChI=1S/C11H21N2O/c1-13(2)8-4-5-10(13)9-12-7-3-6-11(12)14/h10H,3-9H2,1-2H3/q+1/t10-/m0/s1. The van der Waals surface area contributed by atoms with Crippen molar-refractivity contribution in [2.75, 3.05) is 33.7 Å². The van der Waals surface area contributed by atoms with Gasteiger partial charge in [-0.1, -0.05) is 0 Å². The molecule has 3 nitrogen and oxygen atoms in total. The number of amides is 1. The predicted octanol–water partition coefficient (Wildman–Crippen LogP) is 0.848. The summed E-state index contributed by atoms with van der Waals surface area (Å²) in [4.78, 5) is 13.6. The van der Waals surface area contributed by atoms with E-state index in [4.69, 9.17) is 0 Å². The number of quaternary nitrogens is 1. The van der Waals surface area contributed by atoms with Gasteiger partial charge in [-0.3, -0.25) is 4.79 Å². The quantitative estimate of drug-likeness (QED) is 0.601. The second kappa shape index (κ2) is 3.54. The first kappa shape index (κ1) is 9.97. The van der Waals surface area contributed by atoms with Crippen molar-refractivity contribution in [3.05, 3.63) is 0 Å². The van der Waals surface area contributed by atoms with E-state index in [9.17, 15) is 4.79 Å².